The van der Waals surface area contributed by atoms with Crippen LogP contribution in [0.4, 0.5) is 0 Å². The summed E-state index contributed by atoms with van der Waals surface area (Å²) in [5.74, 6) is -0.264. The third-order valence-electron chi connectivity index (χ3n) is 16.7. The molecule has 0 saturated heterocycles. The first-order valence-corrected chi connectivity index (χ1v) is 35.2. The number of benzene rings is 6. The number of esters is 6. The van der Waals surface area contributed by atoms with E-state index in [2.05, 4.69) is 0 Å². The number of unbranched alkanes of at least 4 members (excludes halogenated alkanes) is 18. The maximum atomic E-state index is 13.1. The molecule has 0 atom stereocenters. The van der Waals surface area contributed by atoms with Crippen LogP contribution in [0.1, 0.15) is 185 Å². The normalized spacial score (nSPS) is 11.1. The average Bonchev–Trinajstić information content (AvgIpc) is 0.841. The average molecular weight is 1400 g/mol. The van der Waals surface area contributed by atoms with Gasteiger partial charge in [0.15, 0.2) is 6.10 Å². The molecule has 0 radical (unpaired) electrons. The van der Waals surface area contributed by atoms with Crippen LogP contribution < -0.4 is 45.3 Å². The summed E-state index contributed by atoms with van der Waals surface area (Å²) in [7, 11) is 0. The molecule has 536 valence electrons. The molecule has 3 aromatic heterocycles. The van der Waals surface area contributed by atoms with Gasteiger partial charge in [-0.15, -0.1) is 0 Å². The summed E-state index contributed by atoms with van der Waals surface area (Å²) >= 11 is 0. The highest BCUT2D eigenvalue weighted by molar-refractivity contribution is 5.93. The largest absolute Gasteiger partial charge is 0.494 e. The van der Waals surface area contributed by atoms with E-state index in [1.165, 1.54) is 36.4 Å². The zero-order chi connectivity index (χ0) is 71.5. The molecule has 9 rings (SSSR count). The minimum absolute atomic E-state index is 0.173. The summed E-state index contributed by atoms with van der Waals surface area (Å²) < 4.78 is 66.6. The fourth-order valence-corrected chi connectivity index (χ4v) is 11.1. The van der Waals surface area contributed by atoms with E-state index in [1.54, 1.807) is 127 Å². The van der Waals surface area contributed by atoms with Crippen molar-refractivity contribution in [3.63, 3.8) is 0 Å². The van der Waals surface area contributed by atoms with Gasteiger partial charge in [0.05, 0.1) is 36.5 Å². The molecule has 0 N–H and O–H groups in total. The number of carbonyl (C=O) groups is 6. The van der Waals surface area contributed by atoms with Crippen molar-refractivity contribution in [2.24, 2.45) is 0 Å². The van der Waals surface area contributed by atoms with Gasteiger partial charge in [0.25, 0.3) is 0 Å². The van der Waals surface area contributed by atoms with Gasteiger partial charge in [-0.25, -0.2) is 28.8 Å². The van der Waals surface area contributed by atoms with Gasteiger partial charge in [0, 0.05) is 71.8 Å². The zero-order valence-corrected chi connectivity index (χ0v) is 57.2. The monoisotopic (exact) mass is 1390 g/mol. The van der Waals surface area contributed by atoms with E-state index in [1.807, 2.05) is 0 Å². The number of fused-ring (bicyclic) bond motifs is 3. The first kappa shape index (κ1) is 75.4. The summed E-state index contributed by atoms with van der Waals surface area (Å²) in [6, 6.07) is 43.5. The fraction of sp³-hybridized carbons (Fsp3) is 0.370. The molecular weight excluding hydrogens is 1310 g/mol. The third-order valence-corrected chi connectivity index (χ3v) is 16.7. The maximum absolute atomic E-state index is 13.1. The van der Waals surface area contributed by atoms with E-state index in [0.717, 1.165) is 116 Å². The molecule has 0 unspecified atom stereocenters. The lowest BCUT2D eigenvalue weighted by atomic mass is 10.1. The highest BCUT2D eigenvalue weighted by Crippen LogP contribution is 2.26. The molecule has 0 aliphatic carbocycles. The van der Waals surface area contributed by atoms with Gasteiger partial charge < -0.3 is 55.9 Å². The minimum Gasteiger partial charge on any atom is -0.494 e. The smallest absolute Gasteiger partial charge is 0.343 e. The van der Waals surface area contributed by atoms with E-state index in [9.17, 15) is 43.2 Å². The number of rotatable bonds is 44. The van der Waals surface area contributed by atoms with Crippen molar-refractivity contribution >= 4 is 68.7 Å². The quantitative estimate of drug-likeness (QED) is 0.0113. The second-order valence-electron chi connectivity index (χ2n) is 24.8. The molecule has 0 aliphatic heterocycles. The number of carbonyl (C=O) groups excluding carboxylic acids is 6. The highest BCUT2D eigenvalue weighted by Gasteiger charge is 2.21. The zero-order valence-electron chi connectivity index (χ0n) is 57.2. The van der Waals surface area contributed by atoms with Crippen molar-refractivity contribution in [2.75, 3.05) is 33.0 Å². The molecule has 0 amide bonds. The van der Waals surface area contributed by atoms with Crippen LogP contribution in [0.25, 0.3) is 32.9 Å². The summed E-state index contributed by atoms with van der Waals surface area (Å²) in [5, 5.41) is 2.13. The Hall–Kier alpha value is -10.8. The molecule has 0 spiro atoms. The van der Waals surface area contributed by atoms with Gasteiger partial charge in [0.1, 0.15) is 64.5 Å². The van der Waals surface area contributed by atoms with Gasteiger partial charge >= 0.3 is 52.7 Å². The van der Waals surface area contributed by atoms with Crippen LogP contribution in [-0.2, 0) is 28.6 Å². The summed E-state index contributed by atoms with van der Waals surface area (Å²) in [4.78, 5) is 112. The second-order valence-corrected chi connectivity index (χ2v) is 24.8. The predicted octanol–water partition coefficient (Wildman–Crippen LogP) is 16.6. The van der Waals surface area contributed by atoms with Crippen molar-refractivity contribution in [3.8, 4) is 34.5 Å². The maximum Gasteiger partial charge on any atom is 0.343 e. The van der Waals surface area contributed by atoms with Crippen LogP contribution in [0.2, 0.25) is 0 Å². The molecule has 21 heteroatoms. The Kier molecular flexibility index (Phi) is 30.3. The lowest BCUT2D eigenvalue weighted by Gasteiger charge is -2.18. The van der Waals surface area contributed by atoms with Crippen LogP contribution in [0.5, 0.6) is 34.5 Å². The first-order chi connectivity index (χ1) is 49.7. The Morgan fingerprint density at radius 3 is 0.843 bits per heavy atom. The van der Waals surface area contributed by atoms with E-state index in [0.29, 0.717) is 106 Å². The lowest BCUT2D eigenvalue weighted by molar-refractivity contribution is -0.167. The van der Waals surface area contributed by atoms with Crippen LogP contribution in [-0.4, -0.2) is 75.0 Å². The molecule has 3 heterocycles. The van der Waals surface area contributed by atoms with Gasteiger partial charge in [-0.1, -0.05) is 96.3 Å². The first-order valence-electron chi connectivity index (χ1n) is 35.2. The van der Waals surface area contributed by atoms with E-state index in [-0.39, 0.29) is 49.7 Å². The molecule has 0 bridgehead atoms. The predicted molar refractivity (Wildman–Crippen MR) is 381 cm³/mol. The van der Waals surface area contributed by atoms with E-state index >= 15 is 0 Å². The molecule has 102 heavy (non-hydrogen) atoms. The second kappa shape index (κ2) is 41.0. The molecule has 21 nitrogen and oxygen atoms in total. The molecule has 9 aromatic rings. The van der Waals surface area contributed by atoms with Crippen LogP contribution in [0.3, 0.4) is 0 Å². The van der Waals surface area contributed by atoms with Crippen molar-refractivity contribution in [2.45, 2.75) is 160 Å². The Labute approximate surface area is 590 Å². The van der Waals surface area contributed by atoms with Gasteiger partial charge in [-0.2, -0.15) is 0 Å². The third kappa shape index (κ3) is 26.4. The van der Waals surface area contributed by atoms with Crippen molar-refractivity contribution in [1.29, 1.82) is 0 Å². The highest BCUT2D eigenvalue weighted by atomic mass is 16.6. The van der Waals surface area contributed by atoms with Crippen molar-refractivity contribution in [3.05, 3.63) is 212 Å². The van der Waals surface area contributed by atoms with Crippen molar-refractivity contribution in [1.82, 2.24) is 0 Å². The standard InChI is InChI=1S/C81H86O21/c82-73(22-16-10-4-1-7-13-19-49-91-63-37-28-60(29-38-63)79(88)97-66-43-25-57-34-46-76(85)100-70(57)52-66)94-55-69(96-75(84)24-18-12-6-3-9-15-21-51-93-65-41-32-62(33-42-65)81(90)99-68-45-27-59-36-48-78(87)102-72(59)54-68)56-95-74(83)23-17-11-5-2-8-14-20-50-92-64-39-30-61(31-40-64)80(89)98-67-44-26-58-35-47-77(86)101-71(58)53-67/h25-48,52-54,69H,1-24,49-51,55-56H2. The fourth-order valence-electron chi connectivity index (χ4n) is 11.1. The molecule has 0 fully saturated rings. The number of hydrogen-bond donors (Lipinski definition) is 0. The van der Waals surface area contributed by atoms with Gasteiger partial charge in [0.2, 0.25) is 0 Å². The Morgan fingerprint density at radius 1 is 0.284 bits per heavy atom. The van der Waals surface area contributed by atoms with E-state index in [4.69, 9.17) is 55.9 Å². The van der Waals surface area contributed by atoms with Crippen molar-refractivity contribution < 1.29 is 84.7 Å². The Bertz CT molecular complexity index is 4170. The number of ether oxygens (including phenoxy) is 9. The molecular formula is C81H86O21. The lowest BCUT2D eigenvalue weighted by Crippen LogP contribution is -2.30. The van der Waals surface area contributed by atoms with Crippen LogP contribution >= 0.6 is 0 Å². The minimum atomic E-state index is -0.944. The summed E-state index contributed by atoms with van der Waals surface area (Å²) in [6.07, 6.45) is 18.3. The molecule has 0 aliphatic rings. The Balaban J connectivity index is 0.604. The van der Waals surface area contributed by atoms with Gasteiger partial charge in [-0.05, 0) is 166 Å². The molecule has 6 aromatic carbocycles. The topological polar surface area (TPSA) is 276 Å². The Morgan fingerprint density at radius 2 is 0.539 bits per heavy atom. The van der Waals surface area contributed by atoms with Crippen LogP contribution in [0.15, 0.2) is 191 Å². The SMILES string of the molecule is O=C(CCCCCCCCCOc1ccc(C(=O)Oc2ccc3ccc(=O)oc3c2)cc1)OCC(COC(=O)CCCCCCCCCOc1ccc(C(=O)Oc2ccc3ccc(=O)oc3c2)cc1)OC(=O)CCCCCCCCCOc1ccc(C(=O)Oc2ccc3ccc(=O)oc3c2)cc1. The summed E-state index contributed by atoms with van der Waals surface area (Å²) in [6.45, 7) is 1.10. The number of hydrogen-bond acceptors (Lipinski definition) is 21. The summed E-state index contributed by atoms with van der Waals surface area (Å²) in [5.41, 5.74) is 0.526. The van der Waals surface area contributed by atoms with Gasteiger partial charge in [-0.3, -0.25) is 14.4 Å². The van der Waals surface area contributed by atoms with E-state index < -0.39 is 58.8 Å². The molecule has 0 saturated carbocycles. The van der Waals surface area contributed by atoms with Crippen LogP contribution in [0, 0.1) is 0 Å².